The van der Waals surface area contributed by atoms with Crippen molar-refractivity contribution in [3.63, 3.8) is 0 Å². The van der Waals surface area contributed by atoms with Gasteiger partial charge in [0.2, 0.25) is 5.91 Å². The summed E-state index contributed by atoms with van der Waals surface area (Å²) in [5, 5.41) is 2.54. The van der Waals surface area contributed by atoms with Crippen LogP contribution in [-0.2, 0) is 14.6 Å². The van der Waals surface area contributed by atoms with Crippen LogP contribution in [0.5, 0.6) is 0 Å². The van der Waals surface area contributed by atoms with Crippen molar-refractivity contribution in [1.82, 2.24) is 5.32 Å². The average molecular weight is 192 g/mol. The number of hydrogen-bond acceptors (Lipinski definition) is 4. The van der Waals surface area contributed by atoms with Gasteiger partial charge in [-0.05, 0) is 6.42 Å². The second-order valence-corrected chi connectivity index (χ2v) is 5.10. The van der Waals surface area contributed by atoms with E-state index in [2.05, 4.69) is 5.32 Å². The van der Waals surface area contributed by atoms with Crippen LogP contribution in [-0.4, -0.2) is 38.4 Å². The Balaban J connectivity index is 2.43. The Bertz CT molecular complexity index is 273. The summed E-state index contributed by atoms with van der Waals surface area (Å²) < 4.78 is 21.9. The summed E-state index contributed by atoms with van der Waals surface area (Å²) in [6.07, 6.45) is 0.508. The predicted molar refractivity (Wildman–Crippen MR) is 44.3 cm³/mol. The Morgan fingerprint density at radius 3 is 2.67 bits per heavy atom. The van der Waals surface area contributed by atoms with Gasteiger partial charge in [0.05, 0.1) is 18.1 Å². The molecule has 1 aliphatic rings. The van der Waals surface area contributed by atoms with Crippen LogP contribution in [0.4, 0.5) is 0 Å². The monoisotopic (exact) mass is 192 g/mol. The minimum Gasteiger partial charge on any atom is -0.351 e. The van der Waals surface area contributed by atoms with E-state index in [0.717, 1.165) is 0 Å². The normalized spacial score (nSPS) is 26.9. The molecule has 3 N–H and O–H groups in total. The van der Waals surface area contributed by atoms with Crippen molar-refractivity contribution in [2.45, 2.75) is 12.5 Å². The van der Waals surface area contributed by atoms with Crippen molar-refractivity contribution in [2.24, 2.45) is 5.73 Å². The lowest BCUT2D eigenvalue weighted by Gasteiger charge is -2.08. The van der Waals surface area contributed by atoms with Crippen molar-refractivity contribution in [2.75, 3.05) is 18.1 Å². The smallest absolute Gasteiger partial charge is 0.233 e. The topological polar surface area (TPSA) is 89.3 Å². The van der Waals surface area contributed by atoms with Crippen LogP contribution in [0.2, 0.25) is 0 Å². The quantitative estimate of drug-likeness (QED) is 0.543. The van der Waals surface area contributed by atoms with Gasteiger partial charge >= 0.3 is 0 Å². The molecule has 0 aromatic heterocycles. The third-order valence-electron chi connectivity index (χ3n) is 1.78. The molecule has 12 heavy (non-hydrogen) atoms. The molecule has 1 aliphatic heterocycles. The first-order chi connectivity index (χ1) is 5.53. The molecule has 6 heteroatoms. The number of hydrogen-bond donors (Lipinski definition) is 2. The molecule has 5 nitrogen and oxygen atoms in total. The molecule has 1 atom stereocenters. The molecule has 1 saturated heterocycles. The average Bonchev–Trinajstić information content (AvgIpc) is 2.30. The van der Waals surface area contributed by atoms with Crippen LogP contribution in [0, 0.1) is 0 Å². The van der Waals surface area contributed by atoms with E-state index < -0.39 is 9.84 Å². The molecular weight excluding hydrogens is 180 g/mol. The van der Waals surface area contributed by atoms with E-state index in [9.17, 15) is 13.2 Å². The zero-order valence-corrected chi connectivity index (χ0v) is 7.43. The van der Waals surface area contributed by atoms with Gasteiger partial charge in [-0.15, -0.1) is 0 Å². The van der Waals surface area contributed by atoms with Crippen molar-refractivity contribution in [3.8, 4) is 0 Å². The van der Waals surface area contributed by atoms with Crippen molar-refractivity contribution in [1.29, 1.82) is 0 Å². The molecule has 0 saturated carbocycles. The maximum atomic E-state index is 10.9. The number of amides is 1. The summed E-state index contributed by atoms with van der Waals surface area (Å²) in [7, 11) is -2.90. The van der Waals surface area contributed by atoms with Gasteiger partial charge in [-0.3, -0.25) is 4.79 Å². The Kier molecular flexibility index (Phi) is 2.69. The molecule has 0 bridgehead atoms. The Hall–Kier alpha value is -0.620. The molecule has 0 aliphatic carbocycles. The second-order valence-electron chi connectivity index (χ2n) is 2.87. The van der Waals surface area contributed by atoms with E-state index in [-0.39, 0.29) is 30.0 Å². The molecule has 0 aromatic rings. The summed E-state index contributed by atoms with van der Waals surface area (Å²) >= 11 is 0. The highest BCUT2D eigenvalue weighted by Crippen LogP contribution is 2.10. The molecule has 0 radical (unpaired) electrons. The fourth-order valence-electron chi connectivity index (χ4n) is 1.20. The van der Waals surface area contributed by atoms with Crippen molar-refractivity contribution in [3.05, 3.63) is 0 Å². The Labute approximate surface area is 71.2 Å². The molecule has 0 spiro atoms. The number of nitrogens with two attached hydrogens (primary N) is 1. The van der Waals surface area contributed by atoms with Crippen molar-refractivity contribution >= 4 is 15.7 Å². The van der Waals surface area contributed by atoms with Gasteiger partial charge in [-0.25, -0.2) is 8.42 Å². The maximum absolute atomic E-state index is 10.9. The van der Waals surface area contributed by atoms with Gasteiger partial charge in [0.1, 0.15) is 0 Å². The molecule has 0 aromatic carbocycles. The summed E-state index contributed by atoms with van der Waals surface area (Å²) in [6, 6.07) is -0.231. The van der Waals surface area contributed by atoms with Crippen LogP contribution in [0.1, 0.15) is 6.42 Å². The lowest BCUT2D eigenvalue weighted by molar-refractivity contribution is -0.120. The van der Waals surface area contributed by atoms with Gasteiger partial charge in [-0.2, -0.15) is 0 Å². The highest BCUT2D eigenvalue weighted by atomic mass is 32.2. The number of rotatable bonds is 2. The van der Waals surface area contributed by atoms with E-state index in [1.807, 2.05) is 0 Å². The minimum absolute atomic E-state index is 0.0543. The Morgan fingerprint density at radius 2 is 2.25 bits per heavy atom. The third-order valence-corrected chi connectivity index (χ3v) is 3.55. The summed E-state index contributed by atoms with van der Waals surface area (Å²) in [5.74, 6) is -0.0709. The molecule has 70 valence electrons. The molecule has 1 rings (SSSR count). The molecule has 1 heterocycles. The minimum atomic E-state index is -2.90. The molecule has 1 fully saturated rings. The van der Waals surface area contributed by atoms with E-state index in [1.54, 1.807) is 0 Å². The summed E-state index contributed by atoms with van der Waals surface area (Å²) in [6.45, 7) is -0.0868. The predicted octanol–water partition coefficient (Wildman–Crippen LogP) is -1.75. The van der Waals surface area contributed by atoms with Gasteiger partial charge in [0, 0.05) is 6.04 Å². The first-order valence-electron chi connectivity index (χ1n) is 3.73. The zero-order valence-electron chi connectivity index (χ0n) is 6.62. The highest BCUT2D eigenvalue weighted by molar-refractivity contribution is 7.91. The second kappa shape index (κ2) is 3.40. The maximum Gasteiger partial charge on any atom is 0.233 e. The summed E-state index contributed by atoms with van der Waals surface area (Å²) in [4.78, 5) is 10.7. The van der Waals surface area contributed by atoms with Crippen LogP contribution < -0.4 is 11.1 Å². The van der Waals surface area contributed by atoms with Gasteiger partial charge in [-0.1, -0.05) is 0 Å². The van der Waals surface area contributed by atoms with Gasteiger partial charge < -0.3 is 11.1 Å². The lowest BCUT2D eigenvalue weighted by Crippen LogP contribution is -2.39. The number of carbonyl (C=O) groups is 1. The third kappa shape index (κ3) is 2.46. The van der Waals surface area contributed by atoms with E-state index >= 15 is 0 Å². The van der Waals surface area contributed by atoms with Crippen LogP contribution in [0.15, 0.2) is 0 Å². The van der Waals surface area contributed by atoms with E-state index in [4.69, 9.17) is 5.73 Å². The van der Waals surface area contributed by atoms with Crippen LogP contribution in [0.25, 0.3) is 0 Å². The van der Waals surface area contributed by atoms with E-state index in [0.29, 0.717) is 6.42 Å². The first kappa shape index (κ1) is 9.47. The lowest BCUT2D eigenvalue weighted by atomic mass is 10.2. The zero-order chi connectivity index (χ0) is 9.19. The fourth-order valence-corrected chi connectivity index (χ4v) is 2.87. The van der Waals surface area contributed by atoms with Crippen molar-refractivity contribution < 1.29 is 13.2 Å². The Morgan fingerprint density at radius 1 is 1.58 bits per heavy atom. The standard InChI is InChI=1S/C6H12N2O3S/c7-3-6(9)8-5-1-2-12(10,11)4-5/h5H,1-4,7H2,(H,8,9)/t5-/m1/s1. The van der Waals surface area contributed by atoms with Crippen LogP contribution >= 0.6 is 0 Å². The largest absolute Gasteiger partial charge is 0.351 e. The van der Waals surface area contributed by atoms with Crippen LogP contribution in [0.3, 0.4) is 0 Å². The number of carbonyl (C=O) groups excluding carboxylic acids is 1. The van der Waals surface area contributed by atoms with E-state index in [1.165, 1.54) is 0 Å². The summed E-state index contributed by atoms with van der Waals surface area (Å²) in [5.41, 5.74) is 5.06. The SMILES string of the molecule is NCC(=O)N[C@@H]1CCS(=O)(=O)C1. The highest BCUT2D eigenvalue weighted by Gasteiger charge is 2.28. The molecule has 0 unspecified atom stereocenters. The fraction of sp³-hybridized carbons (Fsp3) is 0.833. The van der Waals surface area contributed by atoms with Gasteiger partial charge in [0.25, 0.3) is 0 Å². The molecular formula is C6H12N2O3S. The first-order valence-corrected chi connectivity index (χ1v) is 5.55. The number of nitrogens with one attached hydrogen (secondary N) is 1. The number of sulfone groups is 1. The molecule has 1 amide bonds. The van der Waals surface area contributed by atoms with Gasteiger partial charge in [0.15, 0.2) is 9.84 Å².